The highest BCUT2D eigenvalue weighted by Crippen LogP contribution is 2.23. The van der Waals surface area contributed by atoms with Crippen molar-refractivity contribution in [2.45, 2.75) is 19.9 Å². The summed E-state index contributed by atoms with van der Waals surface area (Å²) in [5.41, 5.74) is 4.85. The monoisotopic (exact) mass is 243 g/mol. The summed E-state index contributed by atoms with van der Waals surface area (Å²) < 4.78 is 7.30. The molecule has 0 atom stereocenters. The molecule has 0 saturated heterocycles. The molecule has 0 fully saturated rings. The molecule has 0 unspecified atom stereocenters. The molecule has 18 heavy (non-hydrogen) atoms. The molecule has 1 aliphatic heterocycles. The largest absolute Gasteiger partial charge is 0.497 e. The van der Waals surface area contributed by atoms with Gasteiger partial charge in [0, 0.05) is 12.6 Å². The van der Waals surface area contributed by atoms with Crippen LogP contribution in [0.3, 0.4) is 0 Å². The van der Waals surface area contributed by atoms with Gasteiger partial charge in [0.2, 0.25) is 0 Å². The van der Waals surface area contributed by atoms with E-state index in [4.69, 9.17) is 4.74 Å². The van der Waals surface area contributed by atoms with Gasteiger partial charge in [-0.2, -0.15) is 5.10 Å². The van der Waals surface area contributed by atoms with Crippen molar-refractivity contribution in [2.75, 3.05) is 13.7 Å². The first-order valence-electron chi connectivity index (χ1n) is 6.22. The average molecular weight is 243 g/mol. The zero-order valence-electron chi connectivity index (χ0n) is 10.7. The third kappa shape index (κ3) is 1.78. The second-order valence-corrected chi connectivity index (χ2v) is 4.55. The number of benzene rings is 1. The molecule has 4 nitrogen and oxygen atoms in total. The van der Waals surface area contributed by atoms with Crippen LogP contribution in [0.25, 0.3) is 5.69 Å². The number of rotatable bonds is 2. The Morgan fingerprint density at radius 3 is 3.11 bits per heavy atom. The number of nitrogens with zero attached hydrogens (tertiary/aromatic N) is 2. The van der Waals surface area contributed by atoms with E-state index >= 15 is 0 Å². The minimum Gasteiger partial charge on any atom is -0.497 e. The summed E-state index contributed by atoms with van der Waals surface area (Å²) in [5, 5.41) is 8.06. The molecule has 0 saturated carbocycles. The van der Waals surface area contributed by atoms with E-state index in [-0.39, 0.29) is 0 Å². The van der Waals surface area contributed by atoms with Gasteiger partial charge in [0.1, 0.15) is 5.75 Å². The van der Waals surface area contributed by atoms with E-state index in [1.165, 1.54) is 11.3 Å². The van der Waals surface area contributed by atoms with Crippen molar-refractivity contribution in [1.82, 2.24) is 15.1 Å². The van der Waals surface area contributed by atoms with Gasteiger partial charge >= 0.3 is 0 Å². The highest BCUT2D eigenvalue weighted by Gasteiger charge is 2.19. The van der Waals surface area contributed by atoms with Crippen LogP contribution in [0.15, 0.2) is 24.3 Å². The summed E-state index contributed by atoms with van der Waals surface area (Å²) in [6.45, 7) is 4.01. The lowest BCUT2D eigenvalue weighted by Crippen LogP contribution is -2.25. The molecule has 2 aromatic rings. The molecule has 1 aromatic heterocycles. The molecule has 1 aliphatic rings. The Balaban J connectivity index is 2.11. The van der Waals surface area contributed by atoms with Crippen LogP contribution in [0, 0.1) is 6.92 Å². The first-order valence-corrected chi connectivity index (χ1v) is 6.22. The van der Waals surface area contributed by atoms with Gasteiger partial charge in [-0.1, -0.05) is 6.07 Å². The van der Waals surface area contributed by atoms with Gasteiger partial charge in [0.25, 0.3) is 0 Å². The fourth-order valence-electron chi connectivity index (χ4n) is 2.49. The SMILES string of the molecule is COc1cccc(-n2nc(C)c3c2CNCC3)c1. The molecular formula is C14H17N3O. The van der Waals surface area contributed by atoms with E-state index < -0.39 is 0 Å². The molecule has 1 aromatic carbocycles. The second kappa shape index (κ2) is 4.46. The zero-order valence-corrected chi connectivity index (χ0v) is 10.7. The van der Waals surface area contributed by atoms with Crippen LogP contribution < -0.4 is 10.1 Å². The van der Waals surface area contributed by atoms with Crippen molar-refractivity contribution < 1.29 is 4.74 Å². The Morgan fingerprint density at radius 1 is 1.39 bits per heavy atom. The third-order valence-corrected chi connectivity index (χ3v) is 3.43. The van der Waals surface area contributed by atoms with Crippen LogP contribution in [0.1, 0.15) is 17.0 Å². The number of hydrogen-bond donors (Lipinski definition) is 1. The van der Waals surface area contributed by atoms with Crippen LogP contribution in [0.2, 0.25) is 0 Å². The number of ether oxygens (including phenoxy) is 1. The molecule has 94 valence electrons. The maximum atomic E-state index is 5.27. The molecule has 0 radical (unpaired) electrons. The molecule has 0 spiro atoms. The number of aromatic nitrogens is 2. The summed E-state index contributed by atoms with van der Waals surface area (Å²) in [7, 11) is 1.68. The Bertz CT molecular complexity index is 574. The van der Waals surface area contributed by atoms with E-state index in [0.717, 1.165) is 36.6 Å². The van der Waals surface area contributed by atoms with Gasteiger partial charge in [0.05, 0.1) is 24.2 Å². The fourth-order valence-corrected chi connectivity index (χ4v) is 2.49. The third-order valence-electron chi connectivity index (χ3n) is 3.43. The molecule has 0 amide bonds. The predicted molar refractivity (Wildman–Crippen MR) is 70.3 cm³/mol. The van der Waals surface area contributed by atoms with E-state index in [2.05, 4.69) is 23.4 Å². The Labute approximate surface area is 107 Å². The van der Waals surface area contributed by atoms with Gasteiger partial charge in [0.15, 0.2) is 0 Å². The minimum atomic E-state index is 0.859. The van der Waals surface area contributed by atoms with E-state index in [0.29, 0.717) is 0 Å². The Kier molecular flexibility index (Phi) is 2.80. The first-order chi connectivity index (χ1) is 8.79. The maximum Gasteiger partial charge on any atom is 0.121 e. The highest BCUT2D eigenvalue weighted by atomic mass is 16.5. The van der Waals surface area contributed by atoms with E-state index in [9.17, 15) is 0 Å². The molecular weight excluding hydrogens is 226 g/mol. The lowest BCUT2D eigenvalue weighted by Gasteiger charge is -2.15. The highest BCUT2D eigenvalue weighted by molar-refractivity contribution is 5.42. The summed E-state index contributed by atoms with van der Waals surface area (Å²) in [5.74, 6) is 0.859. The van der Waals surface area contributed by atoms with Gasteiger partial charge in [-0.3, -0.25) is 0 Å². The molecule has 4 heteroatoms. The van der Waals surface area contributed by atoms with Crippen molar-refractivity contribution in [3.8, 4) is 11.4 Å². The van der Waals surface area contributed by atoms with Crippen LogP contribution in [0.4, 0.5) is 0 Å². The number of hydrogen-bond acceptors (Lipinski definition) is 3. The predicted octanol–water partition coefficient (Wildman–Crippen LogP) is 1.84. The van der Waals surface area contributed by atoms with Gasteiger partial charge in [-0.05, 0) is 37.6 Å². The molecule has 1 N–H and O–H groups in total. The van der Waals surface area contributed by atoms with Crippen LogP contribution >= 0.6 is 0 Å². The number of nitrogens with one attached hydrogen (secondary N) is 1. The maximum absolute atomic E-state index is 5.27. The van der Waals surface area contributed by atoms with E-state index in [1.54, 1.807) is 7.11 Å². The van der Waals surface area contributed by atoms with Crippen molar-refractivity contribution >= 4 is 0 Å². The molecule has 3 rings (SSSR count). The standard InChI is InChI=1S/C14H17N3O/c1-10-13-6-7-15-9-14(13)17(16-10)11-4-3-5-12(8-11)18-2/h3-5,8,15H,6-7,9H2,1-2H3. The Hall–Kier alpha value is -1.81. The van der Waals surface area contributed by atoms with Crippen molar-refractivity contribution in [3.63, 3.8) is 0 Å². The van der Waals surface area contributed by atoms with Gasteiger partial charge < -0.3 is 10.1 Å². The summed E-state index contributed by atoms with van der Waals surface area (Å²) in [6.07, 6.45) is 1.06. The number of fused-ring (bicyclic) bond motifs is 1. The topological polar surface area (TPSA) is 39.1 Å². The quantitative estimate of drug-likeness (QED) is 0.874. The van der Waals surface area contributed by atoms with Crippen molar-refractivity contribution in [2.24, 2.45) is 0 Å². The minimum absolute atomic E-state index is 0.859. The fraction of sp³-hybridized carbons (Fsp3) is 0.357. The summed E-state index contributed by atoms with van der Waals surface area (Å²) >= 11 is 0. The summed E-state index contributed by atoms with van der Waals surface area (Å²) in [4.78, 5) is 0. The number of methoxy groups -OCH3 is 1. The lowest BCUT2D eigenvalue weighted by molar-refractivity contribution is 0.414. The average Bonchev–Trinajstić information content (AvgIpc) is 2.77. The van der Waals surface area contributed by atoms with E-state index in [1.807, 2.05) is 22.9 Å². The van der Waals surface area contributed by atoms with Gasteiger partial charge in [-0.15, -0.1) is 0 Å². The van der Waals surface area contributed by atoms with Crippen LogP contribution in [-0.4, -0.2) is 23.4 Å². The molecule has 0 bridgehead atoms. The normalized spacial score (nSPS) is 14.3. The molecule has 2 heterocycles. The molecule has 0 aliphatic carbocycles. The first kappa shape index (κ1) is 11.3. The van der Waals surface area contributed by atoms with Crippen LogP contribution in [0.5, 0.6) is 5.75 Å². The van der Waals surface area contributed by atoms with Gasteiger partial charge in [-0.25, -0.2) is 4.68 Å². The summed E-state index contributed by atoms with van der Waals surface area (Å²) in [6, 6.07) is 8.02. The zero-order chi connectivity index (χ0) is 12.5. The van der Waals surface area contributed by atoms with Crippen LogP contribution in [-0.2, 0) is 13.0 Å². The number of aryl methyl sites for hydroxylation is 1. The smallest absolute Gasteiger partial charge is 0.121 e. The second-order valence-electron chi connectivity index (χ2n) is 4.55. The van der Waals surface area contributed by atoms with Crippen molar-refractivity contribution in [1.29, 1.82) is 0 Å². The Morgan fingerprint density at radius 2 is 2.28 bits per heavy atom. The lowest BCUT2D eigenvalue weighted by atomic mass is 10.1. The van der Waals surface area contributed by atoms with Crippen molar-refractivity contribution in [3.05, 3.63) is 41.2 Å².